The molecule has 3 nitrogen and oxygen atoms in total. The SMILES string of the molecule is CC1CSC(=NCCN(C)C2CCCC2)NC1C. The normalized spacial score (nSPS) is 32.1. The van der Waals surface area contributed by atoms with E-state index in [0.29, 0.717) is 6.04 Å². The Morgan fingerprint density at radius 3 is 2.72 bits per heavy atom. The van der Waals surface area contributed by atoms with Gasteiger partial charge in [0.1, 0.15) is 0 Å². The summed E-state index contributed by atoms with van der Waals surface area (Å²) in [6, 6.07) is 1.38. The van der Waals surface area contributed by atoms with Crippen molar-refractivity contribution in [3.8, 4) is 0 Å². The molecule has 4 heteroatoms. The monoisotopic (exact) mass is 269 g/mol. The van der Waals surface area contributed by atoms with Crippen molar-refractivity contribution >= 4 is 16.9 Å². The number of nitrogens with zero attached hydrogens (tertiary/aromatic N) is 2. The average molecular weight is 269 g/mol. The zero-order valence-corrected chi connectivity index (χ0v) is 12.8. The number of hydrogen-bond acceptors (Lipinski definition) is 3. The molecule has 0 aromatic carbocycles. The van der Waals surface area contributed by atoms with Crippen LogP contribution in [0.4, 0.5) is 0 Å². The lowest BCUT2D eigenvalue weighted by Crippen LogP contribution is -2.41. The Morgan fingerprint density at radius 2 is 2.06 bits per heavy atom. The predicted molar refractivity (Wildman–Crippen MR) is 81.4 cm³/mol. The van der Waals surface area contributed by atoms with Gasteiger partial charge in [0.25, 0.3) is 0 Å². The van der Waals surface area contributed by atoms with E-state index in [1.165, 1.54) is 31.4 Å². The van der Waals surface area contributed by atoms with E-state index in [2.05, 4.69) is 31.1 Å². The number of rotatable bonds is 4. The number of aliphatic imine (C=N–C) groups is 1. The van der Waals surface area contributed by atoms with Crippen LogP contribution < -0.4 is 5.32 Å². The third-order valence-electron chi connectivity index (χ3n) is 4.34. The van der Waals surface area contributed by atoms with E-state index >= 15 is 0 Å². The van der Waals surface area contributed by atoms with Gasteiger partial charge in [-0.3, -0.25) is 4.99 Å². The Bertz CT molecular complexity index is 287. The molecule has 1 saturated heterocycles. The Kier molecular flexibility index (Phi) is 5.37. The van der Waals surface area contributed by atoms with Gasteiger partial charge >= 0.3 is 0 Å². The van der Waals surface area contributed by atoms with Gasteiger partial charge in [0.05, 0.1) is 6.54 Å². The van der Waals surface area contributed by atoms with Crippen molar-refractivity contribution in [3.05, 3.63) is 0 Å². The van der Waals surface area contributed by atoms with Crippen molar-refractivity contribution in [2.24, 2.45) is 10.9 Å². The quantitative estimate of drug-likeness (QED) is 0.850. The molecule has 2 fully saturated rings. The highest BCUT2D eigenvalue weighted by Crippen LogP contribution is 2.22. The molecule has 0 spiro atoms. The number of likely N-dealkylation sites (N-methyl/N-ethyl adjacent to an activating group) is 1. The molecule has 2 unspecified atom stereocenters. The molecule has 0 aromatic heterocycles. The van der Waals surface area contributed by atoms with Gasteiger partial charge in [-0.2, -0.15) is 0 Å². The van der Waals surface area contributed by atoms with Gasteiger partial charge in [0.2, 0.25) is 0 Å². The van der Waals surface area contributed by atoms with Crippen molar-refractivity contribution < 1.29 is 0 Å². The molecule has 1 aliphatic heterocycles. The van der Waals surface area contributed by atoms with Crippen LogP contribution >= 0.6 is 11.8 Å². The highest BCUT2D eigenvalue weighted by molar-refractivity contribution is 8.13. The fourth-order valence-electron chi connectivity index (χ4n) is 2.66. The first kappa shape index (κ1) is 14.2. The average Bonchev–Trinajstić information content (AvgIpc) is 2.87. The lowest BCUT2D eigenvalue weighted by atomic mass is 10.1. The first-order chi connectivity index (χ1) is 8.66. The largest absolute Gasteiger partial charge is 0.362 e. The Balaban J connectivity index is 1.70. The Labute approximate surface area is 116 Å². The maximum atomic E-state index is 4.71. The molecule has 0 amide bonds. The lowest BCUT2D eigenvalue weighted by Gasteiger charge is -2.28. The van der Waals surface area contributed by atoms with E-state index in [4.69, 9.17) is 4.99 Å². The second-order valence-electron chi connectivity index (χ2n) is 5.83. The molecule has 0 radical (unpaired) electrons. The molecule has 0 aromatic rings. The first-order valence-electron chi connectivity index (χ1n) is 7.31. The van der Waals surface area contributed by atoms with Crippen LogP contribution in [0.15, 0.2) is 4.99 Å². The molecular formula is C14H27N3S. The van der Waals surface area contributed by atoms with Crippen molar-refractivity contribution in [2.75, 3.05) is 25.9 Å². The molecule has 1 aliphatic carbocycles. The smallest absolute Gasteiger partial charge is 0.156 e. The van der Waals surface area contributed by atoms with E-state index in [1.54, 1.807) is 0 Å². The highest BCUT2D eigenvalue weighted by Gasteiger charge is 2.21. The molecule has 2 rings (SSSR count). The topological polar surface area (TPSA) is 27.6 Å². The standard InChI is InChI=1S/C14H27N3S/c1-11-10-18-14(16-12(11)2)15-8-9-17(3)13-6-4-5-7-13/h11-13H,4-10H2,1-3H3,(H,15,16). The van der Waals surface area contributed by atoms with E-state index in [-0.39, 0.29) is 0 Å². The molecule has 18 heavy (non-hydrogen) atoms. The molecule has 1 saturated carbocycles. The first-order valence-corrected chi connectivity index (χ1v) is 8.29. The van der Waals surface area contributed by atoms with E-state index in [0.717, 1.165) is 30.2 Å². The predicted octanol–water partition coefficient (Wildman–Crippen LogP) is 2.58. The van der Waals surface area contributed by atoms with Gasteiger partial charge in [-0.1, -0.05) is 31.5 Å². The van der Waals surface area contributed by atoms with E-state index in [9.17, 15) is 0 Å². The fourth-order valence-corrected chi connectivity index (χ4v) is 3.82. The van der Waals surface area contributed by atoms with E-state index < -0.39 is 0 Å². The van der Waals surface area contributed by atoms with Gasteiger partial charge in [-0.15, -0.1) is 0 Å². The minimum Gasteiger partial charge on any atom is -0.362 e. The molecule has 1 heterocycles. The number of amidine groups is 1. The maximum absolute atomic E-state index is 4.71. The highest BCUT2D eigenvalue weighted by atomic mass is 32.2. The second kappa shape index (κ2) is 6.80. The summed E-state index contributed by atoms with van der Waals surface area (Å²) in [4.78, 5) is 7.20. The van der Waals surface area contributed by atoms with Crippen molar-refractivity contribution in [1.29, 1.82) is 0 Å². The zero-order valence-electron chi connectivity index (χ0n) is 12.0. The third kappa shape index (κ3) is 3.89. The molecule has 104 valence electrons. The number of nitrogens with one attached hydrogen (secondary N) is 1. The number of hydrogen-bond donors (Lipinski definition) is 1. The molecule has 2 atom stereocenters. The van der Waals surface area contributed by atoms with Crippen molar-refractivity contribution in [3.63, 3.8) is 0 Å². The van der Waals surface area contributed by atoms with Crippen LogP contribution in [0.1, 0.15) is 39.5 Å². The molecule has 0 bridgehead atoms. The molecule has 2 aliphatic rings. The summed E-state index contributed by atoms with van der Waals surface area (Å²) in [5, 5.41) is 4.66. The Morgan fingerprint density at radius 1 is 1.33 bits per heavy atom. The van der Waals surface area contributed by atoms with Crippen LogP contribution in [-0.2, 0) is 0 Å². The van der Waals surface area contributed by atoms with Gasteiger partial charge in [0, 0.05) is 24.4 Å². The molecular weight excluding hydrogens is 242 g/mol. The van der Waals surface area contributed by atoms with Crippen LogP contribution in [0.2, 0.25) is 0 Å². The van der Waals surface area contributed by atoms with Crippen LogP contribution in [-0.4, -0.2) is 48.0 Å². The van der Waals surface area contributed by atoms with E-state index in [1.807, 2.05) is 11.8 Å². The summed E-state index contributed by atoms with van der Waals surface area (Å²) in [6.45, 7) is 6.59. The Hall–Kier alpha value is -0.220. The summed E-state index contributed by atoms with van der Waals surface area (Å²) in [7, 11) is 2.25. The van der Waals surface area contributed by atoms with Gasteiger partial charge < -0.3 is 10.2 Å². The van der Waals surface area contributed by atoms with Crippen molar-refractivity contribution in [1.82, 2.24) is 10.2 Å². The van der Waals surface area contributed by atoms with Crippen LogP contribution in [0, 0.1) is 5.92 Å². The fraction of sp³-hybridized carbons (Fsp3) is 0.929. The summed E-state index contributed by atoms with van der Waals surface area (Å²) in [6.07, 6.45) is 5.59. The number of thioether (sulfide) groups is 1. The lowest BCUT2D eigenvalue weighted by molar-refractivity contribution is 0.252. The maximum Gasteiger partial charge on any atom is 0.156 e. The van der Waals surface area contributed by atoms with Crippen molar-refractivity contribution in [2.45, 2.75) is 51.6 Å². The van der Waals surface area contributed by atoms with Gasteiger partial charge in [0.15, 0.2) is 5.17 Å². The molecule has 1 N–H and O–H groups in total. The summed E-state index contributed by atoms with van der Waals surface area (Å²) in [5.74, 6) is 1.95. The summed E-state index contributed by atoms with van der Waals surface area (Å²) in [5.41, 5.74) is 0. The van der Waals surface area contributed by atoms with Gasteiger partial charge in [-0.05, 0) is 32.7 Å². The van der Waals surface area contributed by atoms with Crippen LogP contribution in [0.25, 0.3) is 0 Å². The van der Waals surface area contributed by atoms with Crippen LogP contribution in [0.5, 0.6) is 0 Å². The summed E-state index contributed by atoms with van der Waals surface area (Å²) < 4.78 is 0. The zero-order chi connectivity index (χ0) is 13.0. The second-order valence-corrected chi connectivity index (χ2v) is 6.84. The van der Waals surface area contributed by atoms with Crippen LogP contribution in [0.3, 0.4) is 0 Å². The summed E-state index contributed by atoms with van der Waals surface area (Å²) >= 11 is 1.88. The minimum atomic E-state index is 0.567. The van der Waals surface area contributed by atoms with Gasteiger partial charge in [-0.25, -0.2) is 0 Å². The third-order valence-corrected chi connectivity index (χ3v) is 5.56. The minimum absolute atomic E-state index is 0.567.